The van der Waals surface area contributed by atoms with Gasteiger partial charge in [0, 0.05) is 13.1 Å². The molecule has 1 fully saturated rings. The number of rotatable bonds is 4. The van der Waals surface area contributed by atoms with Gasteiger partial charge in [-0.05, 0) is 62.8 Å². The highest BCUT2D eigenvalue weighted by Crippen LogP contribution is 2.25. The van der Waals surface area contributed by atoms with Gasteiger partial charge >= 0.3 is 0 Å². The number of amides is 1. The number of carbonyl (C=O) groups excluding carboxylic acids is 1. The maximum absolute atomic E-state index is 13.0. The first-order valence-electron chi connectivity index (χ1n) is 9.73. The van der Waals surface area contributed by atoms with Gasteiger partial charge in [0.05, 0.1) is 16.3 Å². The number of nitrogens with zero attached hydrogens (tertiary/aromatic N) is 2. The van der Waals surface area contributed by atoms with E-state index in [9.17, 15) is 13.2 Å². The Morgan fingerprint density at radius 2 is 1.71 bits per heavy atom. The van der Waals surface area contributed by atoms with E-state index in [1.165, 1.54) is 0 Å². The molecule has 28 heavy (non-hydrogen) atoms. The Balaban J connectivity index is 1.84. The van der Waals surface area contributed by atoms with Crippen molar-refractivity contribution < 1.29 is 13.2 Å². The number of hydrogen-bond acceptors (Lipinski definition) is 4. The van der Waals surface area contributed by atoms with Crippen LogP contribution in [0.15, 0.2) is 35.2 Å². The SMILES string of the molecule is Cc1cc(C)c(S(=O)(=O)Cc2cccc(C(=O)N3CCC(C)CC3)n2)c(C)c1. The Kier molecular flexibility index (Phi) is 5.89. The van der Waals surface area contributed by atoms with Crippen molar-refractivity contribution in [1.29, 1.82) is 0 Å². The van der Waals surface area contributed by atoms with Crippen molar-refractivity contribution in [2.45, 2.75) is 51.2 Å². The van der Waals surface area contributed by atoms with Gasteiger partial charge in [0.2, 0.25) is 0 Å². The molecule has 1 aromatic carbocycles. The van der Waals surface area contributed by atoms with Crippen LogP contribution in [0.5, 0.6) is 0 Å². The van der Waals surface area contributed by atoms with Gasteiger partial charge in [-0.15, -0.1) is 0 Å². The van der Waals surface area contributed by atoms with E-state index < -0.39 is 9.84 Å². The van der Waals surface area contributed by atoms with Crippen molar-refractivity contribution >= 4 is 15.7 Å². The van der Waals surface area contributed by atoms with Crippen LogP contribution in [0.4, 0.5) is 0 Å². The average molecular weight is 401 g/mol. The quantitative estimate of drug-likeness (QED) is 0.782. The number of aromatic nitrogens is 1. The second-order valence-electron chi connectivity index (χ2n) is 7.98. The van der Waals surface area contributed by atoms with Crippen LogP contribution < -0.4 is 0 Å². The van der Waals surface area contributed by atoms with E-state index >= 15 is 0 Å². The molecule has 0 saturated carbocycles. The Labute approximate surface area is 167 Å². The largest absolute Gasteiger partial charge is 0.337 e. The summed E-state index contributed by atoms with van der Waals surface area (Å²) in [7, 11) is -3.55. The van der Waals surface area contributed by atoms with E-state index in [2.05, 4.69) is 11.9 Å². The van der Waals surface area contributed by atoms with Gasteiger partial charge in [-0.1, -0.05) is 30.7 Å². The summed E-state index contributed by atoms with van der Waals surface area (Å²) in [6.45, 7) is 9.24. The maximum Gasteiger partial charge on any atom is 0.272 e. The van der Waals surface area contributed by atoms with Crippen LogP contribution in [0.2, 0.25) is 0 Å². The number of hydrogen-bond donors (Lipinski definition) is 0. The molecular weight excluding hydrogens is 372 g/mol. The summed E-state index contributed by atoms with van der Waals surface area (Å²) >= 11 is 0. The first kappa shape index (κ1) is 20.5. The minimum Gasteiger partial charge on any atom is -0.337 e. The Bertz CT molecular complexity index is 968. The number of aryl methyl sites for hydroxylation is 3. The van der Waals surface area contributed by atoms with Gasteiger partial charge in [0.1, 0.15) is 5.69 Å². The Hall–Kier alpha value is -2.21. The molecule has 5 nitrogen and oxygen atoms in total. The summed E-state index contributed by atoms with van der Waals surface area (Å²) in [6.07, 6.45) is 1.98. The van der Waals surface area contributed by atoms with Crippen molar-refractivity contribution in [3.05, 3.63) is 58.4 Å². The zero-order chi connectivity index (χ0) is 20.5. The molecular formula is C22H28N2O3S. The molecule has 1 amide bonds. The van der Waals surface area contributed by atoms with Crippen LogP contribution in [-0.4, -0.2) is 37.3 Å². The Morgan fingerprint density at radius 1 is 1.11 bits per heavy atom. The van der Waals surface area contributed by atoms with Crippen molar-refractivity contribution in [2.24, 2.45) is 5.92 Å². The van der Waals surface area contributed by atoms with Crippen LogP contribution in [0.1, 0.15) is 52.6 Å². The third kappa shape index (κ3) is 4.43. The first-order chi connectivity index (χ1) is 13.2. The smallest absolute Gasteiger partial charge is 0.272 e. The lowest BCUT2D eigenvalue weighted by Gasteiger charge is -2.30. The number of benzene rings is 1. The molecule has 0 spiro atoms. The maximum atomic E-state index is 13.0. The molecule has 1 saturated heterocycles. The summed E-state index contributed by atoms with van der Waals surface area (Å²) in [4.78, 5) is 19.3. The van der Waals surface area contributed by atoms with Crippen LogP contribution in [-0.2, 0) is 15.6 Å². The average Bonchev–Trinajstić information content (AvgIpc) is 2.60. The molecule has 1 aliphatic rings. The number of likely N-dealkylation sites (tertiary alicyclic amines) is 1. The van der Waals surface area contributed by atoms with E-state index in [0.717, 1.165) is 42.6 Å². The zero-order valence-corrected chi connectivity index (χ0v) is 17.8. The molecule has 1 aromatic heterocycles. The van der Waals surface area contributed by atoms with Gasteiger partial charge in [-0.3, -0.25) is 4.79 Å². The number of piperidine rings is 1. The molecule has 1 aliphatic heterocycles. The summed E-state index contributed by atoms with van der Waals surface area (Å²) < 4.78 is 26.1. The van der Waals surface area contributed by atoms with E-state index in [1.807, 2.05) is 37.8 Å². The summed E-state index contributed by atoms with van der Waals surface area (Å²) in [5.74, 6) is 0.305. The molecule has 0 unspecified atom stereocenters. The van der Waals surface area contributed by atoms with Gasteiger partial charge < -0.3 is 4.90 Å². The van der Waals surface area contributed by atoms with Crippen LogP contribution >= 0.6 is 0 Å². The minimum atomic E-state index is -3.55. The molecule has 0 bridgehead atoms. The van der Waals surface area contributed by atoms with E-state index in [1.54, 1.807) is 18.2 Å². The molecule has 0 atom stereocenters. The minimum absolute atomic E-state index is 0.117. The molecule has 0 N–H and O–H groups in total. The molecule has 2 aromatic rings. The molecule has 3 rings (SSSR count). The lowest BCUT2D eigenvalue weighted by Crippen LogP contribution is -2.38. The van der Waals surface area contributed by atoms with Crippen molar-refractivity contribution in [3.63, 3.8) is 0 Å². The summed E-state index contributed by atoms with van der Waals surface area (Å²) in [5, 5.41) is 0. The Morgan fingerprint density at radius 3 is 2.32 bits per heavy atom. The highest BCUT2D eigenvalue weighted by molar-refractivity contribution is 7.90. The topological polar surface area (TPSA) is 67.3 Å². The van der Waals surface area contributed by atoms with Crippen LogP contribution in [0, 0.1) is 26.7 Å². The molecule has 150 valence electrons. The highest BCUT2D eigenvalue weighted by atomic mass is 32.2. The van der Waals surface area contributed by atoms with E-state index in [-0.39, 0.29) is 11.7 Å². The highest BCUT2D eigenvalue weighted by Gasteiger charge is 2.24. The lowest BCUT2D eigenvalue weighted by atomic mass is 9.99. The monoisotopic (exact) mass is 400 g/mol. The van der Waals surface area contributed by atoms with Crippen molar-refractivity contribution in [3.8, 4) is 0 Å². The van der Waals surface area contributed by atoms with Gasteiger partial charge in [0.25, 0.3) is 5.91 Å². The van der Waals surface area contributed by atoms with Gasteiger partial charge in [0.15, 0.2) is 9.84 Å². The molecule has 2 heterocycles. The number of sulfone groups is 1. The number of pyridine rings is 1. The summed E-state index contributed by atoms with van der Waals surface area (Å²) in [5.41, 5.74) is 3.24. The second kappa shape index (κ2) is 8.03. The van der Waals surface area contributed by atoms with Gasteiger partial charge in [-0.2, -0.15) is 0 Å². The van der Waals surface area contributed by atoms with E-state index in [4.69, 9.17) is 0 Å². The fraction of sp³-hybridized carbons (Fsp3) is 0.455. The predicted molar refractivity (Wildman–Crippen MR) is 110 cm³/mol. The first-order valence-corrected chi connectivity index (χ1v) is 11.4. The van der Waals surface area contributed by atoms with Crippen LogP contribution in [0.25, 0.3) is 0 Å². The second-order valence-corrected chi connectivity index (χ2v) is 9.90. The lowest BCUT2D eigenvalue weighted by molar-refractivity contribution is 0.0691. The molecule has 6 heteroatoms. The van der Waals surface area contributed by atoms with Crippen LogP contribution in [0.3, 0.4) is 0 Å². The zero-order valence-electron chi connectivity index (χ0n) is 17.0. The molecule has 0 radical (unpaired) electrons. The third-order valence-electron chi connectivity index (χ3n) is 5.35. The van der Waals surface area contributed by atoms with E-state index in [0.29, 0.717) is 22.2 Å². The normalized spacial score (nSPS) is 15.6. The standard InChI is InChI=1S/C22H28N2O3S/c1-15-8-10-24(11-9-15)22(25)20-7-5-6-19(23-20)14-28(26,27)21-17(3)12-16(2)13-18(21)4/h5-7,12-13,15H,8-11,14H2,1-4H3. The van der Waals surface area contributed by atoms with Gasteiger partial charge in [-0.25, -0.2) is 13.4 Å². The fourth-order valence-electron chi connectivity index (χ4n) is 3.98. The summed E-state index contributed by atoms with van der Waals surface area (Å²) in [6, 6.07) is 8.81. The van der Waals surface area contributed by atoms with Crippen molar-refractivity contribution in [2.75, 3.05) is 13.1 Å². The molecule has 0 aliphatic carbocycles. The number of carbonyl (C=O) groups is 1. The third-order valence-corrected chi connectivity index (χ3v) is 7.29. The fourth-order valence-corrected chi connectivity index (χ4v) is 5.77. The predicted octanol–water partition coefficient (Wildman–Crippen LogP) is 3.85. The van der Waals surface area contributed by atoms with Crippen molar-refractivity contribution in [1.82, 2.24) is 9.88 Å².